The van der Waals surface area contributed by atoms with Crippen LogP contribution in [0.1, 0.15) is 15.9 Å². The summed E-state index contributed by atoms with van der Waals surface area (Å²) < 4.78 is 12.1. The van der Waals surface area contributed by atoms with E-state index in [1.807, 2.05) is 30.3 Å². The highest BCUT2D eigenvalue weighted by Gasteiger charge is 2.14. The number of hydrogen-bond acceptors (Lipinski definition) is 5. The molecule has 0 heterocycles. The van der Waals surface area contributed by atoms with Crippen LogP contribution in [0.3, 0.4) is 0 Å². The van der Waals surface area contributed by atoms with Crippen molar-refractivity contribution in [3.05, 3.63) is 94.5 Å². The van der Waals surface area contributed by atoms with E-state index in [2.05, 4.69) is 32.1 Å². The molecular weight excluding hydrogens is 506 g/mol. The Morgan fingerprint density at radius 2 is 1.55 bits per heavy atom. The lowest BCUT2D eigenvalue weighted by Gasteiger charge is -2.14. The number of hydrogen-bond donors (Lipinski definition) is 3. The molecule has 7 nitrogen and oxygen atoms in total. The molecule has 3 aromatic rings. The van der Waals surface area contributed by atoms with Crippen LogP contribution in [-0.2, 0) is 11.2 Å². The molecule has 0 saturated carbocycles. The normalized spacial score (nSPS) is 10.1. The Bertz CT molecular complexity index is 1090. The maximum atomic E-state index is 12.6. The molecule has 9 heteroatoms. The van der Waals surface area contributed by atoms with E-state index in [0.717, 1.165) is 10.0 Å². The number of nitrogens with one attached hydrogen (secondary N) is 3. The van der Waals surface area contributed by atoms with Gasteiger partial charge in [0.05, 0.1) is 12.2 Å². The van der Waals surface area contributed by atoms with Crippen LogP contribution in [0.15, 0.2) is 83.3 Å². The summed E-state index contributed by atoms with van der Waals surface area (Å²) in [7, 11) is 0. The van der Waals surface area contributed by atoms with Crippen LogP contribution in [0.25, 0.3) is 0 Å². The third-order valence-corrected chi connectivity index (χ3v) is 5.08. The Balaban J connectivity index is 1.43. The maximum Gasteiger partial charge on any atom is 0.276 e. The van der Waals surface area contributed by atoms with E-state index in [0.29, 0.717) is 30.1 Å². The molecule has 0 aromatic heterocycles. The van der Waals surface area contributed by atoms with Gasteiger partial charge in [-0.3, -0.25) is 25.8 Å². The lowest BCUT2D eigenvalue weighted by molar-refractivity contribution is -0.123. The first-order valence-electron chi connectivity index (χ1n) is 10.1. The number of carbonyl (C=O) groups is 2. The minimum absolute atomic E-state index is 0.0592. The lowest BCUT2D eigenvalue weighted by Crippen LogP contribution is -2.49. The van der Waals surface area contributed by atoms with E-state index in [1.165, 1.54) is 0 Å². The predicted octanol–water partition coefficient (Wildman–Crippen LogP) is 3.79. The summed E-state index contributed by atoms with van der Waals surface area (Å²) in [5.74, 6) is 0.0797. The summed E-state index contributed by atoms with van der Waals surface area (Å²) in [5.41, 5.74) is 6.34. The lowest BCUT2D eigenvalue weighted by atomic mass is 10.1. The molecule has 0 radical (unpaired) electrons. The van der Waals surface area contributed by atoms with Gasteiger partial charge < -0.3 is 9.47 Å². The van der Waals surface area contributed by atoms with Crippen molar-refractivity contribution in [2.24, 2.45) is 0 Å². The minimum Gasteiger partial charge on any atom is -0.492 e. The van der Waals surface area contributed by atoms with Gasteiger partial charge in [0.1, 0.15) is 11.5 Å². The molecule has 3 rings (SSSR count). The molecule has 3 N–H and O–H groups in total. The van der Waals surface area contributed by atoms with Crippen LogP contribution in [0.2, 0.25) is 0 Å². The number of amides is 2. The fraction of sp³-hybridized carbons (Fsp3) is 0.125. The van der Waals surface area contributed by atoms with Crippen molar-refractivity contribution in [2.45, 2.75) is 6.42 Å². The molecule has 2 amide bonds. The zero-order valence-corrected chi connectivity index (χ0v) is 19.9. The third kappa shape index (κ3) is 8.21. The molecule has 0 aliphatic rings. The van der Waals surface area contributed by atoms with Gasteiger partial charge in [-0.2, -0.15) is 0 Å². The molecule has 0 atom stereocenters. The van der Waals surface area contributed by atoms with Crippen molar-refractivity contribution in [2.75, 3.05) is 13.2 Å². The Kier molecular flexibility index (Phi) is 9.22. The number of rotatable bonds is 8. The standard InChI is InChI=1S/C24H22BrN3O4S/c25-18-10-12-19(13-11-18)32-16-22(29)27-28-24(33)26-23(30)20-8-4-5-9-21(20)31-15-14-17-6-2-1-3-7-17/h1-13H,14-16H2,(H,27,29)(H2,26,28,30,33). The van der Waals surface area contributed by atoms with Gasteiger partial charge in [0.2, 0.25) is 0 Å². The Labute approximate surface area is 205 Å². The Morgan fingerprint density at radius 3 is 2.30 bits per heavy atom. The van der Waals surface area contributed by atoms with E-state index in [9.17, 15) is 9.59 Å². The number of thiocarbonyl (C=S) groups is 1. The molecular formula is C24H22BrN3O4S. The SMILES string of the molecule is O=C(COc1ccc(Br)cc1)NNC(=S)NC(=O)c1ccccc1OCCc1ccccc1. The number of carbonyl (C=O) groups excluding carboxylic acids is 2. The fourth-order valence-corrected chi connectivity index (χ4v) is 3.16. The van der Waals surface area contributed by atoms with Crippen molar-refractivity contribution in [3.8, 4) is 11.5 Å². The highest BCUT2D eigenvalue weighted by molar-refractivity contribution is 9.10. The van der Waals surface area contributed by atoms with Gasteiger partial charge in [-0.1, -0.05) is 58.4 Å². The van der Waals surface area contributed by atoms with Crippen LogP contribution in [0.4, 0.5) is 0 Å². The third-order valence-electron chi connectivity index (χ3n) is 4.35. The summed E-state index contributed by atoms with van der Waals surface area (Å²) in [6, 6.07) is 23.9. The number of benzene rings is 3. The zero-order chi connectivity index (χ0) is 23.5. The molecule has 3 aromatic carbocycles. The second-order valence-corrected chi connectivity index (χ2v) is 8.10. The molecule has 0 bridgehead atoms. The number of ether oxygens (including phenoxy) is 2. The summed E-state index contributed by atoms with van der Waals surface area (Å²) >= 11 is 8.42. The highest BCUT2D eigenvalue weighted by atomic mass is 79.9. The van der Waals surface area contributed by atoms with Crippen molar-refractivity contribution in [1.82, 2.24) is 16.2 Å². The summed E-state index contributed by atoms with van der Waals surface area (Å²) in [6.07, 6.45) is 0.713. The monoisotopic (exact) mass is 527 g/mol. The van der Waals surface area contributed by atoms with Gasteiger partial charge in [0.25, 0.3) is 11.8 Å². The molecule has 0 aliphatic carbocycles. The van der Waals surface area contributed by atoms with E-state index >= 15 is 0 Å². The molecule has 0 saturated heterocycles. The number of halogens is 1. The average Bonchev–Trinajstić information content (AvgIpc) is 2.83. The first-order valence-corrected chi connectivity index (χ1v) is 11.3. The van der Waals surface area contributed by atoms with Gasteiger partial charge in [0, 0.05) is 10.9 Å². The van der Waals surface area contributed by atoms with Gasteiger partial charge in [0.15, 0.2) is 11.7 Å². The first-order chi connectivity index (χ1) is 16.0. The van der Waals surface area contributed by atoms with Gasteiger partial charge in [-0.25, -0.2) is 0 Å². The molecule has 0 fully saturated rings. The topological polar surface area (TPSA) is 88.7 Å². The van der Waals surface area contributed by atoms with Crippen LogP contribution in [0.5, 0.6) is 11.5 Å². The summed E-state index contributed by atoms with van der Waals surface area (Å²) in [5, 5.41) is 2.46. The van der Waals surface area contributed by atoms with E-state index in [-0.39, 0.29) is 11.7 Å². The molecule has 33 heavy (non-hydrogen) atoms. The first kappa shape index (κ1) is 24.2. The molecule has 0 unspecified atom stereocenters. The molecule has 0 spiro atoms. The van der Waals surface area contributed by atoms with Crippen LogP contribution in [-0.4, -0.2) is 30.1 Å². The summed E-state index contributed by atoms with van der Waals surface area (Å²) in [4.78, 5) is 24.6. The fourth-order valence-electron chi connectivity index (χ4n) is 2.75. The van der Waals surface area contributed by atoms with E-state index in [4.69, 9.17) is 21.7 Å². The van der Waals surface area contributed by atoms with Crippen molar-refractivity contribution in [1.29, 1.82) is 0 Å². The van der Waals surface area contributed by atoms with Gasteiger partial charge in [-0.15, -0.1) is 0 Å². The zero-order valence-electron chi connectivity index (χ0n) is 17.5. The van der Waals surface area contributed by atoms with Gasteiger partial charge >= 0.3 is 0 Å². The smallest absolute Gasteiger partial charge is 0.276 e. The van der Waals surface area contributed by atoms with E-state index < -0.39 is 11.8 Å². The second-order valence-electron chi connectivity index (χ2n) is 6.78. The minimum atomic E-state index is -0.459. The van der Waals surface area contributed by atoms with Gasteiger partial charge in [-0.05, 0) is 54.2 Å². The Hall–Kier alpha value is -3.43. The van der Waals surface area contributed by atoms with Crippen molar-refractivity contribution < 1.29 is 19.1 Å². The predicted molar refractivity (Wildman–Crippen MR) is 133 cm³/mol. The largest absolute Gasteiger partial charge is 0.492 e. The molecule has 170 valence electrons. The summed E-state index contributed by atoms with van der Waals surface area (Å²) in [6.45, 7) is 0.203. The van der Waals surface area contributed by atoms with Crippen LogP contribution >= 0.6 is 28.1 Å². The maximum absolute atomic E-state index is 12.6. The average molecular weight is 528 g/mol. The van der Waals surface area contributed by atoms with Crippen LogP contribution < -0.4 is 25.6 Å². The van der Waals surface area contributed by atoms with Crippen molar-refractivity contribution >= 4 is 45.1 Å². The van der Waals surface area contributed by atoms with Crippen molar-refractivity contribution in [3.63, 3.8) is 0 Å². The number of para-hydroxylation sites is 1. The highest BCUT2D eigenvalue weighted by Crippen LogP contribution is 2.18. The Morgan fingerprint density at radius 1 is 0.848 bits per heavy atom. The second kappa shape index (κ2) is 12.6. The van der Waals surface area contributed by atoms with E-state index in [1.54, 1.807) is 48.5 Å². The number of hydrazine groups is 1. The quantitative estimate of drug-likeness (QED) is 0.305. The molecule has 0 aliphatic heterocycles. The van der Waals surface area contributed by atoms with Crippen LogP contribution in [0, 0.1) is 0 Å².